The Hall–Kier alpha value is -0.0200. The van der Waals surface area contributed by atoms with Crippen molar-refractivity contribution in [1.82, 2.24) is 0 Å². The van der Waals surface area contributed by atoms with Crippen LogP contribution < -0.4 is 5.32 Å². The molecule has 1 nitrogen and oxygen atoms in total. The van der Waals surface area contributed by atoms with Crippen molar-refractivity contribution in [2.24, 2.45) is 0 Å². The molecule has 0 aromatic heterocycles. The molecule has 0 atom stereocenters. The highest BCUT2D eigenvalue weighted by molar-refractivity contribution is 9.11. The monoisotopic (exact) mass is 319 g/mol. The maximum atomic E-state index is 3.53. The summed E-state index contributed by atoms with van der Waals surface area (Å²) in [6.07, 6.45) is 2.30. The van der Waals surface area contributed by atoms with E-state index in [0.717, 1.165) is 27.5 Å². The molecule has 1 N–H and O–H groups in total. The van der Waals surface area contributed by atoms with E-state index in [9.17, 15) is 0 Å². The van der Waals surface area contributed by atoms with Gasteiger partial charge >= 0.3 is 0 Å². The molecule has 0 radical (unpaired) electrons. The summed E-state index contributed by atoms with van der Waals surface area (Å²) < 4.78 is 2.22. The van der Waals surface area contributed by atoms with Gasteiger partial charge in [-0.25, -0.2) is 0 Å². The lowest BCUT2D eigenvalue weighted by Crippen LogP contribution is -2.17. The first-order chi connectivity index (χ1) is 6.67. The number of halogens is 2. The van der Waals surface area contributed by atoms with Gasteiger partial charge in [-0.05, 0) is 47.0 Å². The van der Waals surface area contributed by atoms with E-state index < -0.39 is 0 Å². The van der Waals surface area contributed by atoms with Gasteiger partial charge in [0.15, 0.2) is 0 Å². The number of hydrogen-bond donors (Lipinski definition) is 1. The van der Waals surface area contributed by atoms with Crippen LogP contribution in [0.5, 0.6) is 0 Å². The molecule has 1 aromatic carbocycles. The van der Waals surface area contributed by atoms with Crippen LogP contribution in [-0.4, -0.2) is 6.04 Å². The number of benzene rings is 1. The Labute approximate surface area is 103 Å². The average Bonchev–Trinajstić information content (AvgIpc) is 2.19. The fourth-order valence-electron chi connectivity index (χ4n) is 1.32. The van der Waals surface area contributed by atoms with Gasteiger partial charge in [0.25, 0.3) is 0 Å². The molecule has 3 heteroatoms. The number of anilines is 1. The second-order valence-electron chi connectivity index (χ2n) is 3.28. The molecule has 0 saturated carbocycles. The quantitative estimate of drug-likeness (QED) is 0.839. The van der Waals surface area contributed by atoms with Gasteiger partial charge in [-0.2, -0.15) is 0 Å². The highest BCUT2D eigenvalue weighted by Gasteiger charge is 2.05. The lowest BCUT2D eigenvalue weighted by atomic mass is 10.1. The fourth-order valence-corrected chi connectivity index (χ4v) is 2.04. The van der Waals surface area contributed by atoms with E-state index in [1.54, 1.807) is 0 Å². The predicted octanol–water partition coefficient (Wildman–Crippen LogP) is 4.81. The highest BCUT2D eigenvalue weighted by atomic mass is 79.9. The predicted molar refractivity (Wildman–Crippen MR) is 69.8 cm³/mol. The SMILES string of the molecule is CCC(CC)Nc1cc(Br)ccc1Br. The smallest absolute Gasteiger partial charge is 0.0498 e. The molecule has 0 fully saturated rings. The van der Waals surface area contributed by atoms with Gasteiger partial charge in [0.1, 0.15) is 0 Å². The summed E-state index contributed by atoms with van der Waals surface area (Å²) in [5, 5.41) is 3.51. The second-order valence-corrected chi connectivity index (χ2v) is 5.05. The van der Waals surface area contributed by atoms with Crippen molar-refractivity contribution in [2.45, 2.75) is 32.7 Å². The van der Waals surface area contributed by atoms with Crippen molar-refractivity contribution in [2.75, 3.05) is 5.32 Å². The van der Waals surface area contributed by atoms with Crippen LogP contribution in [0.25, 0.3) is 0 Å². The molecule has 1 aromatic rings. The van der Waals surface area contributed by atoms with Crippen LogP contribution in [-0.2, 0) is 0 Å². The third-order valence-corrected chi connectivity index (χ3v) is 3.46. The zero-order valence-electron chi connectivity index (χ0n) is 8.48. The summed E-state index contributed by atoms with van der Waals surface area (Å²) >= 11 is 7.00. The lowest BCUT2D eigenvalue weighted by Gasteiger charge is -2.17. The Morgan fingerprint density at radius 2 is 1.86 bits per heavy atom. The first-order valence-corrected chi connectivity index (χ1v) is 6.47. The normalized spacial score (nSPS) is 10.6. The summed E-state index contributed by atoms with van der Waals surface area (Å²) in [6.45, 7) is 4.40. The van der Waals surface area contributed by atoms with E-state index >= 15 is 0 Å². The van der Waals surface area contributed by atoms with E-state index in [1.165, 1.54) is 0 Å². The minimum Gasteiger partial charge on any atom is -0.381 e. The standard InChI is InChI=1S/C11H15Br2N/c1-3-9(4-2)14-11-7-8(12)5-6-10(11)13/h5-7,9,14H,3-4H2,1-2H3. The molecule has 0 aliphatic heterocycles. The van der Waals surface area contributed by atoms with Gasteiger partial charge in [0.2, 0.25) is 0 Å². The van der Waals surface area contributed by atoms with Gasteiger partial charge in [-0.3, -0.25) is 0 Å². The minimum absolute atomic E-state index is 0.556. The molecule has 0 heterocycles. The van der Waals surface area contributed by atoms with Gasteiger partial charge in [-0.1, -0.05) is 29.8 Å². The number of nitrogens with one attached hydrogen (secondary N) is 1. The molecule has 78 valence electrons. The van der Waals surface area contributed by atoms with Crippen molar-refractivity contribution in [1.29, 1.82) is 0 Å². The van der Waals surface area contributed by atoms with Crippen molar-refractivity contribution in [3.8, 4) is 0 Å². The van der Waals surface area contributed by atoms with Gasteiger partial charge < -0.3 is 5.32 Å². The molecule has 14 heavy (non-hydrogen) atoms. The van der Waals surface area contributed by atoms with Gasteiger partial charge in [0.05, 0.1) is 0 Å². The summed E-state index contributed by atoms with van der Waals surface area (Å²) in [7, 11) is 0. The van der Waals surface area contributed by atoms with E-state index in [0.29, 0.717) is 6.04 Å². The molecular formula is C11H15Br2N. The first-order valence-electron chi connectivity index (χ1n) is 4.89. The van der Waals surface area contributed by atoms with E-state index in [-0.39, 0.29) is 0 Å². The summed E-state index contributed by atoms with van der Waals surface area (Å²) in [5.41, 5.74) is 1.16. The van der Waals surface area contributed by atoms with Crippen LogP contribution >= 0.6 is 31.9 Å². The molecule has 0 saturated heterocycles. The van der Waals surface area contributed by atoms with Crippen LogP contribution in [0.1, 0.15) is 26.7 Å². The third-order valence-electron chi connectivity index (χ3n) is 2.27. The highest BCUT2D eigenvalue weighted by Crippen LogP contribution is 2.27. The molecule has 0 aliphatic carbocycles. The van der Waals surface area contributed by atoms with Gasteiger partial charge in [0, 0.05) is 20.7 Å². The van der Waals surface area contributed by atoms with Crippen LogP contribution in [0.2, 0.25) is 0 Å². The Kier molecular flexibility index (Phi) is 4.96. The van der Waals surface area contributed by atoms with E-state index in [1.807, 2.05) is 6.07 Å². The maximum Gasteiger partial charge on any atom is 0.0498 e. The Morgan fingerprint density at radius 1 is 1.21 bits per heavy atom. The number of hydrogen-bond acceptors (Lipinski definition) is 1. The molecular weight excluding hydrogens is 306 g/mol. The zero-order valence-corrected chi connectivity index (χ0v) is 11.7. The largest absolute Gasteiger partial charge is 0.381 e. The second kappa shape index (κ2) is 5.76. The van der Waals surface area contributed by atoms with Gasteiger partial charge in [-0.15, -0.1) is 0 Å². The molecule has 0 amide bonds. The van der Waals surface area contributed by atoms with Crippen LogP contribution in [0, 0.1) is 0 Å². The Bertz CT molecular complexity index is 295. The van der Waals surface area contributed by atoms with Crippen molar-refractivity contribution >= 4 is 37.5 Å². The lowest BCUT2D eigenvalue weighted by molar-refractivity contribution is 0.671. The van der Waals surface area contributed by atoms with Crippen molar-refractivity contribution in [3.63, 3.8) is 0 Å². The third kappa shape index (κ3) is 3.28. The Balaban J connectivity index is 2.79. The first kappa shape index (κ1) is 12.1. The zero-order chi connectivity index (χ0) is 10.6. The molecule has 0 aliphatic rings. The van der Waals surface area contributed by atoms with E-state index in [4.69, 9.17) is 0 Å². The molecule has 0 unspecified atom stereocenters. The Morgan fingerprint density at radius 3 is 2.43 bits per heavy atom. The number of rotatable bonds is 4. The van der Waals surface area contributed by atoms with Crippen LogP contribution in [0.3, 0.4) is 0 Å². The summed E-state index contributed by atoms with van der Waals surface area (Å²) in [6, 6.07) is 6.74. The summed E-state index contributed by atoms with van der Waals surface area (Å²) in [5.74, 6) is 0. The average molecular weight is 321 g/mol. The fraction of sp³-hybridized carbons (Fsp3) is 0.455. The van der Waals surface area contributed by atoms with Crippen molar-refractivity contribution < 1.29 is 0 Å². The molecule has 0 bridgehead atoms. The minimum atomic E-state index is 0.556. The van der Waals surface area contributed by atoms with Crippen LogP contribution in [0.4, 0.5) is 5.69 Å². The van der Waals surface area contributed by atoms with Crippen molar-refractivity contribution in [3.05, 3.63) is 27.1 Å². The molecule has 1 rings (SSSR count). The topological polar surface area (TPSA) is 12.0 Å². The van der Waals surface area contributed by atoms with E-state index in [2.05, 4.69) is 63.2 Å². The molecule has 0 spiro atoms. The van der Waals surface area contributed by atoms with Crippen LogP contribution in [0.15, 0.2) is 27.1 Å². The maximum absolute atomic E-state index is 3.53. The summed E-state index contributed by atoms with van der Waals surface area (Å²) in [4.78, 5) is 0.